The monoisotopic (exact) mass is 313 g/mol. The lowest BCUT2D eigenvalue weighted by Crippen LogP contribution is -2.38. The highest BCUT2D eigenvalue weighted by Gasteiger charge is 2.29. The third kappa shape index (κ3) is 4.07. The van der Waals surface area contributed by atoms with Gasteiger partial charge in [-0.3, -0.25) is 9.59 Å². The van der Waals surface area contributed by atoms with E-state index in [1.165, 1.54) is 6.07 Å². The number of hydrogen-bond donors (Lipinski definition) is 2. The summed E-state index contributed by atoms with van der Waals surface area (Å²) in [6.07, 6.45) is 0. The highest BCUT2D eigenvalue weighted by Crippen LogP contribution is 2.21. The number of aryl methyl sites for hydroxylation is 1. The van der Waals surface area contributed by atoms with Crippen molar-refractivity contribution in [1.29, 1.82) is 0 Å². The van der Waals surface area contributed by atoms with E-state index in [0.717, 1.165) is 16.9 Å². The first-order valence-corrected chi connectivity index (χ1v) is 7.60. The van der Waals surface area contributed by atoms with Crippen molar-refractivity contribution in [3.8, 4) is 0 Å². The molecular weight excluding hydrogens is 290 g/mol. The molecule has 0 spiro atoms. The summed E-state index contributed by atoms with van der Waals surface area (Å²) < 4.78 is 1.62. The number of nitrogens with one attached hydrogen (secondary N) is 1. The van der Waals surface area contributed by atoms with Gasteiger partial charge in [0.15, 0.2) is 0 Å². The quantitative estimate of drug-likeness (QED) is 0.889. The van der Waals surface area contributed by atoms with Crippen molar-refractivity contribution in [3.05, 3.63) is 64.1 Å². The van der Waals surface area contributed by atoms with Gasteiger partial charge in [-0.2, -0.15) is 0 Å². The van der Waals surface area contributed by atoms with Gasteiger partial charge in [0.2, 0.25) is 5.91 Å². The molecule has 0 aliphatic heterocycles. The number of carbonyl (C=O) groups excluding carboxylic acids is 1. The molecule has 0 saturated heterocycles. The van der Waals surface area contributed by atoms with Crippen LogP contribution in [-0.4, -0.2) is 10.5 Å². The minimum Gasteiger partial charge on any atom is -0.326 e. The van der Waals surface area contributed by atoms with Crippen LogP contribution in [0.4, 0.5) is 5.69 Å². The van der Waals surface area contributed by atoms with Crippen LogP contribution in [0.2, 0.25) is 0 Å². The number of rotatable bonds is 5. The van der Waals surface area contributed by atoms with Gasteiger partial charge in [0.25, 0.3) is 5.56 Å². The first kappa shape index (κ1) is 17.0. The zero-order valence-corrected chi connectivity index (χ0v) is 13.8. The van der Waals surface area contributed by atoms with E-state index in [1.807, 2.05) is 51.1 Å². The van der Waals surface area contributed by atoms with E-state index in [1.54, 1.807) is 10.6 Å². The van der Waals surface area contributed by atoms with Gasteiger partial charge in [-0.25, -0.2) is 0 Å². The molecule has 0 unspecified atom stereocenters. The van der Waals surface area contributed by atoms with Gasteiger partial charge in [-0.05, 0) is 44.5 Å². The Bertz CT molecular complexity index is 746. The molecule has 5 heteroatoms. The fourth-order valence-corrected chi connectivity index (χ4v) is 2.32. The molecular formula is C18H23N3O2. The molecule has 1 heterocycles. The predicted octanol–water partition coefficient (Wildman–Crippen LogP) is 2.28. The molecule has 0 fully saturated rings. The lowest BCUT2D eigenvalue weighted by atomic mass is 9.91. The lowest BCUT2D eigenvalue weighted by molar-refractivity contribution is -0.124. The number of nitrogens with two attached hydrogens (primary N) is 1. The number of hydrogen-bond acceptors (Lipinski definition) is 3. The van der Waals surface area contributed by atoms with Crippen LogP contribution in [0, 0.1) is 12.3 Å². The first-order valence-electron chi connectivity index (χ1n) is 7.60. The van der Waals surface area contributed by atoms with E-state index >= 15 is 0 Å². The molecule has 0 radical (unpaired) electrons. The summed E-state index contributed by atoms with van der Waals surface area (Å²) in [6.45, 7) is 6.31. The second kappa shape index (κ2) is 6.79. The second-order valence-corrected chi connectivity index (χ2v) is 6.33. The standard InChI is InChI=1S/C18H23N3O2/c1-13-5-4-6-16(22)21(13)12-18(2,3)17(23)20-15-9-7-14(11-19)8-10-15/h4-10H,11-12,19H2,1-3H3,(H,20,23). The summed E-state index contributed by atoms with van der Waals surface area (Å²) in [5.74, 6) is -0.131. The lowest BCUT2D eigenvalue weighted by Gasteiger charge is -2.25. The maximum absolute atomic E-state index is 12.6. The molecule has 3 N–H and O–H groups in total. The summed E-state index contributed by atoms with van der Waals surface area (Å²) in [5.41, 5.74) is 7.31. The molecule has 1 aromatic carbocycles. The Hall–Kier alpha value is -2.40. The molecule has 2 rings (SSSR count). The van der Waals surface area contributed by atoms with Gasteiger partial charge >= 0.3 is 0 Å². The molecule has 5 nitrogen and oxygen atoms in total. The maximum Gasteiger partial charge on any atom is 0.250 e. The SMILES string of the molecule is Cc1cccc(=O)n1CC(C)(C)C(=O)Nc1ccc(CN)cc1. The molecule has 1 aromatic heterocycles. The van der Waals surface area contributed by atoms with Crippen molar-refractivity contribution in [2.75, 3.05) is 5.32 Å². The summed E-state index contributed by atoms with van der Waals surface area (Å²) in [4.78, 5) is 24.6. The zero-order chi connectivity index (χ0) is 17.0. The molecule has 0 saturated carbocycles. The summed E-state index contributed by atoms with van der Waals surface area (Å²) in [7, 11) is 0. The smallest absolute Gasteiger partial charge is 0.250 e. The van der Waals surface area contributed by atoms with E-state index in [-0.39, 0.29) is 11.5 Å². The molecule has 23 heavy (non-hydrogen) atoms. The van der Waals surface area contributed by atoms with Crippen molar-refractivity contribution < 1.29 is 4.79 Å². The van der Waals surface area contributed by atoms with Crippen LogP contribution in [0.3, 0.4) is 0 Å². The number of aromatic nitrogens is 1. The van der Waals surface area contributed by atoms with E-state index in [9.17, 15) is 9.59 Å². The van der Waals surface area contributed by atoms with Crippen LogP contribution < -0.4 is 16.6 Å². The summed E-state index contributed by atoms with van der Waals surface area (Å²) in [6, 6.07) is 12.5. The van der Waals surface area contributed by atoms with Crippen molar-refractivity contribution in [2.24, 2.45) is 11.1 Å². The van der Waals surface area contributed by atoms with Crippen molar-refractivity contribution in [3.63, 3.8) is 0 Å². The fraction of sp³-hybridized carbons (Fsp3) is 0.333. The van der Waals surface area contributed by atoms with Crippen LogP contribution in [0.1, 0.15) is 25.1 Å². The largest absolute Gasteiger partial charge is 0.326 e. The van der Waals surface area contributed by atoms with E-state index in [4.69, 9.17) is 5.73 Å². The van der Waals surface area contributed by atoms with Crippen molar-refractivity contribution >= 4 is 11.6 Å². The Balaban J connectivity index is 2.14. The minimum atomic E-state index is -0.720. The molecule has 1 amide bonds. The molecule has 122 valence electrons. The van der Waals surface area contributed by atoms with Crippen LogP contribution in [0.5, 0.6) is 0 Å². The first-order chi connectivity index (χ1) is 10.8. The fourth-order valence-electron chi connectivity index (χ4n) is 2.32. The van der Waals surface area contributed by atoms with Crippen molar-refractivity contribution in [1.82, 2.24) is 4.57 Å². The Morgan fingerprint density at radius 1 is 1.17 bits per heavy atom. The summed E-state index contributed by atoms with van der Waals surface area (Å²) >= 11 is 0. The number of carbonyl (C=O) groups is 1. The van der Waals surface area contributed by atoms with Gasteiger partial charge in [-0.15, -0.1) is 0 Å². The predicted molar refractivity (Wildman–Crippen MR) is 92.2 cm³/mol. The molecule has 2 aromatic rings. The molecule has 0 bridgehead atoms. The third-order valence-corrected chi connectivity index (χ3v) is 3.88. The second-order valence-electron chi connectivity index (χ2n) is 6.33. The van der Waals surface area contributed by atoms with Crippen LogP contribution in [0.25, 0.3) is 0 Å². The number of amides is 1. The molecule has 0 atom stereocenters. The Morgan fingerprint density at radius 3 is 2.39 bits per heavy atom. The Kier molecular flexibility index (Phi) is 5.01. The van der Waals surface area contributed by atoms with Crippen LogP contribution in [0.15, 0.2) is 47.3 Å². The molecule has 0 aliphatic rings. The highest BCUT2D eigenvalue weighted by atomic mass is 16.2. The number of pyridine rings is 1. The topological polar surface area (TPSA) is 77.1 Å². The highest BCUT2D eigenvalue weighted by molar-refractivity contribution is 5.94. The van der Waals surface area contributed by atoms with Crippen LogP contribution in [-0.2, 0) is 17.9 Å². The van der Waals surface area contributed by atoms with E-state index < -0.39 is 5.41 Å². The van der Waals surface area contributed by atoms with Gasteiger partial charge < -0.3 is 15.6 Å². The number of benzene rings is 1. The normalized spacial score (nSPS) is 11.3. The average Bonchev–Trinajstić information content (AvgIpc) is 2.52. The summed E-state index contributed by atoms with van der Waals surface area (Å²) in [5, 5.41) is 2.90. The number of anilines is 1. The maximum atomic E-state index is 12.6. The van der Waals surface area contributed by atoms with Crippen molar-refractivity contribution in [2.45, 2.75) is 33.9 Å². The van der Waals surface area contributed by atoms with E-state index in [2.05, 4.69) is 5.32 Å². The zero-order valence-electron chi connectivity index (χ0n) is 13.8. The van der Waals surface area contributed by atoms with E-state index in [0.29, 0.717) is 13.1 Å². The number of nitrogens with zero attached hydrogens (tertiary/aromatic N) is 1. The van der Waals surface area contributed by atoms with Gasteiger partial charge in [-0.1, -0.05) is 18.2 Å². The molecule has 0 aliphatic carbocycles. The van der Waals surface area contributed by atoms with Gasteiger partial charge in [0.1, 0.15) is 0 Å². The minimum absolute atomic E-state index is 0.0989. The Labute approximate surface area is 136 Å². The third-order valence-electron chi connectivity index (χ3n) is 3.88. The Morgan fingerprint density at radius 2 is 1.83 bits per heavy atom. The van der Waals surface area contributed by atoms with Gasteiger partial charge in [0.05, 0.1) is 5.41 Å². The van der Waals surface area contributed by atoms with Crippen LogP contribution >= 0.6 is 0 Å². The van der Waals surface area contributed by atoms with Gasteiger partial charge in [0, 0.05) is 30.5 Å². The average molecular weight is 313 g/mol.